The van der Waals surface area contributed by atoms with Crippen molar-refractivity contribution in [3.05, 3.63) is 77.9 Å². The zero-order valence-corrected chi connectivity index (χ0v) is 17.2. The van der Waals surface area contributed by atoms with Gasteiger partial charge >= 0.3 is 0 Å². The maximum Gasteiger partial charge on any atom is 0.277 e. The van der Waals surface area contributed by atoms with Crippen LogP contribution in [0.25, 0.3) is 5.69 Å². The highest BCUT2D eigenvalue weighted by molar-refractivity contribution is 5.99. The number of ether oxygens (including phenoxy) is 1. The van der Waals surface area contributed by atoms with Gasteiger partial charge in [0.1, 0.15) is 5.75 Å². The van der Waals surface area contributed by atoms with Crippen LogP contribution in [0.2, 0.25) is 0 Å². The lowest BCUT2D eigenvalue weighted by molar-refractivity contribution is -0.123. The zero-order chi connectivity index (χ0) is 20.8. The predicted molar refractivity (Wildman–Crippen MR) is 115 cm³/mol. The minimum Gasteiger partial charge on any atom is -0.483 e. The molecule has 3 rings (SSSR count). The molecule has 1 N–H and O–H groups in total. The molecule has 0 bridgehead atoms. The summed E-state index contributed by atoms with van der Waals surface area (Å²) < 4.78 is 7.64. The maximum absolute atomic E-state index is 12.2. The fraction of sp³-hybridized carbons (Fsp3) is 0.261. The number of carbonyl (C=O) groups is 1. The molecule has 1 amide bonds. The molecule has 2 aromatic carbocycles. The van der Waals surface area contributed by atoms with Crippen LogP contribution >= 0.6 is 0 Å². The lowest BCUT2D eigenvalue weighted by Crippen LogP contribution is -2.26. The molecule has 6 heteroatoms. The van der Waals surface area contributed by atoms with Gasteiger partial charge in [0, 0.05) is 18.1 Å². The largest absolute Gasteiger partial charge is 0.483 e. The average molecular weight is 390 g/mol. The quantitative estimate of drug-likeness (QED) is 0.485. The highest BCUT2D eigenvalue weighted by atomic mass is 16.5. The molecule has 3 aromatic rings. The maximum atomic E-state index is 12.2. The zero-order valence-electron chi connectivity index (χ0n) is 17.2. The second kappa shape index (κ2) is 9.19. The van der Waals surface area contributed by atoms with E-state index in [1.165, 1.54) is 5.56 Å². The van der Waals surface area contributed by atoms with Crippen LogP contribution in [0.1, 0.15) is 43.4 Å². The molecule has 0 fully saturated rings. The van der Waals surface area contributed by atoms with Crippen molar-refractivity contribution in [2.24, 2.45) is 5.10 Å². The Labute approximate surface area is 171 Å². The first-order valence-electron chi connectivity index (χ1n) is 9.59. The predicted octanol–water partition coefficient (Wildman–Crippen LogP) is 4.22. The SMILES string of the molecule is C/C(=N/NC(=O)COc1ccc(C)cc1C(C)C)c1ccc(-n2ccnc2)cc1. The summed E-state index contributed by atoms with van der Waals surface area (Å²) in [5.74, 6) is 0.754. The van der Waals surface area contributed by atoms with Gasteiger partial charge in [-0.25, -0.2) is 10.4 Å². The second-order valence-corrected chi connectivity index (χ2v) is 7.23. The van der Waals surface area contributed by atoms with Crippen LogP contribution in [0.4, 0.5) is 0 Å². The molecule has 0 spiro atoms. The molecular formula is C23H26N4O2. The van der Waals surface area contributed by atoms with E-state index in [1.807, 2.05) is 61.0 Å². The van der Waals surface area contributed by atoms with Gasteiger partial charge in [-0.2, -0.15) is 5.10 Å². The average Bonchev–Trinajstić information content (AvgIpc) is 3.26. The highest BCUT2D eigenvalue weighted by Crippen LogP contribution is 2.27. The molecule has 0 saturated heterocycles. The van der Waals surface area contributed by atoms with Gasteiger partial charge in [-0.05, 0) is 49.1 Å². The van der Waals surface area contributed by atoms with Crippen molar-refractivity contribution in [2.75, 3.05) is 6.61 Å². The van der Waals surface area contributed by atoms with Crippen molar-refractivity contribution in [1.29, 1.82) is 0 Å². The van der Waals surface area contributed by atoms with Gasteiger partial charge in [0.05, 0.1) is 12.0 Å². The normalized spacial score (nSPS) is 11.6. The molecule has 6 nitrogen and oxygen atoms in total. The van der Waals surface area contributed by atoms with Crippen LogP contribution in [0.3, 0.4) is 0 Å². The van der Waals surface area contributed by atoms with Crippen molar-refractivity contribution >= 4 is 11.6 Å². The molecule has 0 saturated carbocycles. The van der Waals surface area contributed by atoms with Crippen LogP contribution in [-0.2, 0) is 4.79 Å². The number of hydrazone groups is 1. The van der Waals surface area contributed by atoms with E-state index in [4.69, 9.17) is 4.74 Å². The standard InChI is InChI=1S/C23H26N4O2/c1-16(2)21-13-17(3)5-10-22(21)29-14-23(28)26-25-18(4)19-6-8-20(9-7-19)27-12-11-24-15-27/h5-13,15-16H,14H2,1-4H3,(H,26,28)/b25-18-. The minimum absolute atomic E-state index is 0.0842. The van der Waals surface area contributed by atoms with Crippen LogP contribution < -0.4 is 10.2 Å². The molecule has 0 aliphatic carbocycles. The third-order valence-corrected chi connectivity index (χ3v) is 4.58. The molecule has 29 heavy (non-hydrogen) atoms. The summed E-state index contributed by atoms with van der Waals surface area (Å²) in [5.41, 5.74) is 7.48. The molecule has 1 aromatic heterocycles. The third-order valence-electron chi connectivity index (χ3n) is 4.58. The Hall–Kier alpha value is -3.41. The summed E-state index contributed by atoms with van der Waals surface area (Å²) in [6.07, 6.45) is 5.36. The number of carbonyl (C=O) groups excluding carboxylic acids is 1. The highest BCUT2D eigenvalue weighted by Gasteiger charge is 2.10. The van der Waals surface area contributed by atoms with E-state index in [-0.39, 0.29) is 12.5 Å². The number of imidazole rings is 1. The van der Waals surface area contributed by atoms with Gasteiger partial charge in [-0.3, -0.25) is 4.79 Å². The van der Waals surface area contributed by atoms with E-state index < -0.39 is 0 Å². The first-order valence-corrected chi connectivity index (χ1v) is 9.59. The fourth-order valence-electron chi connectivity index (χ4n) is 2.92. The number of benzene rings is 2. The summed E-state index contributed by atoms with van der Waals surface area (Å²) in [6, 6.07) is 13.9. The molecule has 1 heterocycles. The Morgan fingerprint density at radius 2 is 1.97 bits per heavy atom. The van der Waals surface area contributed by atoms with Crippen LogP contribution in [0.15, 0.2) is 66.3 Å². The number of nitrogens with one attached hydrogen (secondary N) is 1. The van der Waals surface area contributed by atoms with Gasteiger partial charge in [0.15, 0.2) is 6.61 Å². The fourth-order valence-corrected chi connectivity index (χ4v) is 2.92. The van der Waals surface area contributed by atoms with Crippen molar-refractivity contribution < 1.29 is 9.53 Å². The van der Waals surface area contributed by atoms with Crippen LogP contribution in [-0.4, -0.2) is 27.8 Å². The third kappa shape index (κ3) is 5.31. The van der Waals surface area contributed by atoms with E-state index >= 15 is 0 Å². The summed E-state index contributed by atoms with van der Waals surface area (Å²) in [4.78, 5) is 16.2. The summed E-state index contributed by atoms with van der Waals surface area (Å²) >= 11 is 0. The molecular weight excluding hydrogens is 364 g/mol. The number of hydrogen-bond donors (Lipinski definition) is 1. The molecule has 150 valence electrons. The number of aromatic nitrogens is 2. The summed E-state index contributed by atoms with van der Waals surface area (Å²) in [5, 5.41) is 4.19. The van der Waals surface area contributed by atoms with Crippen LogP contribution in [0.5, 0.6) is 5.75 Å². The number of rotatable bonds is 7. The van der Waals surface area contributed by atoms with E-state index in [0.29, 0.717) is 11.6 Å². The Bertz CT molecular complexity index is 990. The molecule has 0 atom stereocenters. The number of aryl methyl sites for hydroxylation is 1. The van der Waals surface area contributed by atoms with E-state index in [0.717, 1.165) is 22.6 Å². The van der Waals surface area contributed by atoms with Crippen molar-refractivity contribution in [2.45, 2.75) is 33.6 Å². The molecule has 0 aliphatic rings. The van der Waals surface area contributed by atoms with Crippen molar-refractivity contribution in [3.63, 3.8) is 0 Å². The van der Waals surface area contributed by atoms with Crippen molar-refractivity contribution in [1.82, 2.24) is 15.0 Å². The van der Waals surface area contributed by atoms with Gasteiger partial charge in [0.25, 0.3) is 5.91 Å². The Morgan fingerprint density at radius 1 is 1.21 bits per heavy atom. The smallest absolute Gasteiger partial charge is 0.277 e. The Balaban J connectivity index is 1.58. The van der Waals surface area contributed by atoms with Gasteiger partial charge < -0.3 is 9.30 Å². The van der Waals surface area contributed by atoms with Gasteiger partial charge in [0.2, 0.25) is 0 Å². The summed E-state index contributed by atoms with van der Waals surface area (Å²) in [7, 11) is 0. The number of hydrogen-bond acceptors (Lipinski definition) is 4. The second-order valence-electron chi connectivity index (χ2n) is 7.23. The topological polar surface area (TPSA) is 68.5 Å². The number of nitrogens with zero attached hydrogens (tertiary/aromatic N) is 3. The van der Waals surface area contributed by atoms with E-state index in [1.54, 1.807) is 12.5 Å². The lowest BCUT2D eigenvalue weighted by atomic mass is 10.00. The van der Waals surface area contributed by atoms with Gasteiger partial charge in [-0.15, -0.1) is 0 Å². The molecule has 0 radical (unpaired) electrons. The molecule has 0 aliphatic heterocycles. The first-order chi connectivity index (χ1) is 13.9. The minimum atomic E-state index is -0.297. The summed E-state index contributed by atoms with van der Waals surface area (Å²) in [6.45, 7) is 8.02. The van der Waals surface area contributed by atoms with Crippen LogP contribution in [0, 0.1) is 6.92 Å². The monoisotopic (exact) mass is 390 g/mol. The first kappa shape index (κ1) is 20.3. The Kier molecular flexibility index (Phi) is 6.44. The van der Waals surface area contributed by atoms with E-state index in [9.17, 15) is 4.79 Å². The lowest BCUT2D eigenvalue weighted by Gasteiger charge is -2.14. The molecule has 0 unspecified atom stereocenters. The van der Waals surface area contributed by atoms with E-state index in [2.05, 4.69) is 35.4 Å². The van der Waals surface area contributed by atoms with Gasteiger partial charge in [-0.1, -0.05) is 43.7 Å². The Morgan fingerprint density at radius 3 is 2.62 bits per heavy atom. The van der Waals surface area contributed by atoms with Crippen molar-refractivity contribution in [3.8, 4) is 11.4 Å². The number of amides is 1.